The summed E-state index contributed by atoms with van der Waals surface area (Å²) in [6.45, 7) is 2.21. The number of allylic oxidation sites excluding steroid dienone is 2. The first-order valence-corrected chi connectivity index (χ1v) is 5.67. The minimum absolute atomic E-state index is 0.258. The zero-order valence-electron chi connectivity index (χ0n) is 7.27. The fourth-order valence-electron chi connectivity index (χ4n) is 1.07. The van der Waals surface area contributed by atoms with Gasteiger partial charge in [-0.15, -0.1) is 0 Å². The van der Waals surface area contributed by atoms with Crippen LogP contribution in [-0.4, -0.2) is 12.6 Å². The van der Waals surface area contributed by atoms with Crippen LogP contribution in [0.3, 0.4) is 0 Å². The molecule has 0 unspecified atom stereocenters. The topological polar surface area (TPSA) is 26.3 Å². The predicted octanol–water partition coefficient (Wildman–Crippen LogP) is 3.27. The molecule has 0 saturated heterocycles. The summed E-state index contributed by atoms with van der Waals surface area (Å²) in [6.07, 6.45) is 3.71. The first-order chi connectivity index (χ1) is 6.16. The van der Waals surface area contributed by atoms with Crippen molar-refractivity contribution in [3.8, 4) is 0 Å². The number of hydrogen-bond acceptors (Lipinski definition) is 2. The maximum Gasteiger partial charge on any atom is 0.338 e. The van der Waals surface area contributed by atoms with Gasteiger partial charge in [0.15, 0.2) is 0 Å². The molecule has 0 heterocycles. The molecule has 0 N–H and O–H groups in total. The molecule has 0 atom stereocenters. The van der Waals surface area contributed by atoms with E-state index in [0.717, 1.165) is 21.8 Å². The molecule has 0 aromatic rings. The summed E-state index contributed by atoms with van der Waals surface area (Å²) in [4.78, 5) is 11.4. The average Bonchev–Trinajstić information content (AvgIpc) is 2.10. The van der Waals surface area contributed by atoms with Crippen LogP contribution in [0.2, 0.25) is 0 Å². The molecule has 72 valence electrons. The third-order valence-corrected chi connectivity index (χ3v) is 3.91. The van der Waals surface area contributed by atoms with Crippen molar-refractivity contribution >= 4 is 37.8 Å². The number of carbonyl (C=O) groups is 1. The van der Waals surface area contributed by atoms with Crippen molar-refractivity contribution in [1.29, 1.82) is 0 Å². The molecule has 0 spiro atoms. The van der Waals surface area contributed by atoms with Crippen molar-refractivity contribution in [3.63, 3.8) is 0 Å². The second-order valence-corrected chi connectivity index (χ2v) is 4.35. The third-order valence-electron chi connectivity index (χ3n) is 1.68. The standard InChI is InChI=1S/C9H10Br2O2/c1-2-13-9(12)6-4-3-5-7(10)8(6)11/h4H,2-3,5H2,1H3. The highest BCUT2D eigenvalue weighted by Crippen LogP contribution is 2.33. The molecule has 0 radical (unpaired) electrons. The Morgan fingerprint density at radius 2 is 2.31 bits per heavy atom. The van der Waals surface area contributed by atoms with Gasteiger partial charge in [-0.2, -0.15) is 0 Å². The smallest absolute Gasteiger partial charge is 0.338 e. The van der Waals surface area contributed by atoms with Crippen molar-refractivity contribution < 1.29 is 9.53 Å². The van der Waals surface area contributed by atoms with Gasteiger partial charge in [0, 0.05) is 8.96 Å². The summed E-state index contributed by atoms with van der Waals surface area (Å²) in [5, 5.41) is 0. The van der Waals surface area contributed by atoms with Crippen LogP contribution in [0.15, 0.2) is 20.6 Å². The summed E-state index contributed by atoms with van der Waals surface area (Å²) in [5.74, 6) is -0.258. The molecule has 1 aliphatic rings. The molecule has 2 nitrogen and oxygen atoms in total. The Balaban J connectivity index is 2.80. The predicted molar refractivity (Wildman–Crippen MR) is 58.8 cm³/mol. The second kappa shape index (κ2) is 4.96. The van der Waals surface area contributed by atoms with Gasteiger partial charge >= 0.3 is 5.97 Å². The first kappa shape index (κ1) is 11.0. The van der Waals surface area contributed by atoms with Crippen molar-refractivity contribution in [2.75, 3.05) is 6.61 Å². The van der Waals surface area contributed by atoms with Crippen LogP contribution < -0.4 is 0 Å². The van der Waals surface area contributed by atoms with E-state index in [1.54, 1.807) is 6.92 Å². The molecule has 0 amide bonds. The van der Waals surface area contributed by atoms with Gasteiger partial charge in [0.2, 0.25) is 0 Å². The lowest BCUT2D eigenvalue weighted by atomic mass is 10.1. The van der Waals surface area contributed by atoms with Crippen molar-refractivity contribution in [1.82, 2.24) is 0 Å². The van der Waals surface area contributed by atoms with Gasteiger partial charge in [0.1, 0.15) is 0 Å². The highest BCUT2D eigenvalue weighted by atomic mass is 79.9. The van der Waals surface area contributed by atoms with Gasteiger partial charge < -0.3 is 4.74 Å². The van der Waals surface area contributed by atoms with Crippen LogP contribution >= 0.6 is 31.9 Å². The van der Waals surface area contributed by atoms with Gasteiger partial charge in [0.25, 0.3) is 0 Å². The van der Waals surface area contributed by atoms with Gasteiger partial charge in [-0.1, -0.05) is 22.0 Å². The average molecular weight is 310 g/mol. The summed E-state index contributed by atoms with van der Waals surface area (Å²) in [7, 11) is 0. The molecule has 4 heteroatoms. The van der Waals surface area contributed by atoms with Gasteiger partial charge in [-0.25, -0.2) is 4.79 Å². The summed E-state index contributed by atoms with van der Waals surface area (Å²) >= 11 is 6.75. The Morgan fingerprint density at radius 1 is 1.62 bits per heavy atom. The summed E-state index contributed by atoms with van der Waals surface area (Å²) in [6, 6.07) is 0. The Bertz CT molecular complexity index is 279. The Morgan fingerprint density at radius 3 is 2.92 bits per heavy atom. The van der Waals surface area contributed by atoms with Crippen LogP contribution in [0.5, 0.6) is 0 Å². The normalized spacial score (nSPS) is 17.0. The fourth-order valence-corrected chi connectivity index (χ4v) is 2.03. The Labute approximate surface area is 94.3 Å². The largest absolute Gasteiger partial charge is 0.462 e. The fraction of sp³-hybridized carbons (Fsp3) is 0.444. The van der Waals surface area contributed by atoms with Crippen molar-refractivity contribution in [2.24, 2.45) is 0 Å². The van der Waals surface area contributed by atoms with E-state index in [4.69, 9.17) is 4.74 Å². The Kier molecular flexibility index (Phi) is 4.19. The molecule has 0 fully saturated rings. The molecule has 0 aliphatic heterocycles. The molecular formula is C9H10Br2O2. The zero-order valence-corrected chi connectivity index (χ0v) is 10.4. The molecule has 0 aromatic heterocycles. The quantitative estimate of drug-likeness (QED) is 0.732. The van der Waals surface area contributed by atoms with Crippen LogP contribution in [-0.2, 0) is 9.53 Å². The monoisotopic (exact) mass is 308 g/mol. The van der Waals surface area contributed by atoms with E-state index in [-0.39, 0.29) is 5.97 Å². The van der Waals surface area contributed by atoms with Crippen LogP contribution in [0, 0.1) is 0 Å². The third kappa shape index (κ3) is 2.68. The highest BCUT2D eigenvalue weighted by Gasteiger charge is 2.19. The molecule has 1 aliphatic carbocycles. The lowest BCUT2D eigenvalue weighted by Crippen LogP contribution is -2.10. The Hall–Kier alpha value is -0.0900. The minimum Gasteiger partial charge on any atom is -0.462 e. The summed E-state index contributed by atoms with van der Waals surface area (Å²) < 4.78 is 6.75. The summed E-state index contributed by atoms with van der Waals surface area (Å²) in [5.41, 5.74) is 0.625. The minimum atomic E-state index is -0.258. The maximum atomic E-state index is 11.4. The van der Waals surface area contributed by atoms with E-state index < -0.39 is 0 Å². The molecule has 13 heavy (non-hydrogen) atoms. The lowest BCUT2D eigenvalue weighted by Gasteiger charge is -2.12. The van der Waals surface area contributed by atoms with Gasteiger partial charge in [-0.3, -0.25) is 0 Å². The van der Waals surface area contributed by atoms with E-state index in [0.29, 0.717) is 12.2 Å². The lowest BCUT2D eigenvalue weighted by molar-refractivity contribution is -0.138. The molecule has 0 saturated carbocycles. The highest BCUT2D eigenvalue weighted by molar-refractivity contribution is 9.14. The molecule has 1 rings (SSSR count). The van der Waals surface area contributed by atoms with E-state index in [1.165, 1.54) is 0 Å². The maximum absolute atomic E-state index is 11.4. The van der Waals surface area contributed by atoms with E-state index >= 15 is 0 Å². The van der Waals surface area contributed by atoms with Gasteiger partial charge in [-0.05, 0) is 35.7 Å². The molecular weight excluding hydrogens is 300 g/mol. The van der Waals surface area contributed by atoms with E-state index in [9.17, 15) is 4.79 Å². The van der Waals surface area contributed by atoms with Crippen molar-refractivity contribution in [3.05, 3.63) is 20.6 Å². The van der Waals surface area contributed by atoms with Crippen LogP contribution in [0.1, 0.15) is 19.8 Å². The van der Waals surface area contributed by atoms with E-state index in [1.807, 2.05) is 6.08 Å². The van der Waals surface area contributed by atoms with Crippen molar-refractivity contribution in [2.45, 2.75) is 19.8 Å². The second-order valence-electron chi connectivity index (χ2n) is 2.60. The number of hydrogen-bond donors (Lipinski definition) is 0. The molecule has 0 bridgehead atoms. The number of halogens is 2. The first-order valence-electron chi connectivity index (χ1n) is 4.08. The zero-order chi connectivity index (χ0) is 9.84. The number of ether oxygens (including phenoxy) is 1. The van der Waals surface area contributed by atoms with Gasteiger partial charge in [0.05, 0.1) is 12.2 Å². The number of carbonyl (C=O) groups excluding carboxylic acids is 1. The number of rotatable bonds is 2. The SMILES string of the molecule is CCOC(=O)C1=CCCC(Br)=C1Br. The van der Waals surface area contributed by atoms with E-state index in [2.05, 4.69) is 31.9 Å². The van der Waals surface area contributed by atoms with Crippen LogP contribution in [0.25, 0.3) is 0 Å². The van der Waals surface area contributed by atoms with Crippen LogP contribution in [0.4, 0.5) is 0 Å². The number of esters is 1. The molecule has 0 aromatic carbocycles.